The molecule has 0 aliphatic carbocycles. The van der Waals surface area contributed by atoms with Crippen LogP contribution in [0.5, 0.6) is 0 Å². The van der Waals surface area contributed by atoms with Crippen LogP contribution in [0, 0.1) is 5.82 Å². The molecule has 4 rings (SSSR count). The summed E-state index contributed by atoms with van der Waals surface area (Å²) in [6.07, 6.45) is 4.81. The summed E-state index contributed by atoms with van der Waals surface area (Å²) in [6, 6.07) is 6.11. The summed E-state index contributed by atoms with van der Waals surface area (Å²) in [4.78, 5) is 35.3. The number of benzene rings is 1. The van der Waals surface area contributed by atoms with E-state index in [0.29, 0.717) is 29.6 Å². The highest BCUT2D eigenvalue weighted by molar-refractivity contribution is 7.17. The highest BCUT2D eigenvalue weighted by Crippen LogP contribution is 2.28. The SMILES string of the molecule is O=C(c1cnc(N2CCN(Cc3cccc(F)c3)C2=O)s1)N1CCCCC1. The van der Waals surface area contributed by atoms with Crippen LogP contribution in [0.4, 0.5) is 14.3 Å². The maximum atomic E-state index is 13.4. The third kappa shape index (κ3) is 3.80. The smallest absolute Gasteiger partial charge is 0.326 e. The van der Waals surface area contributed by atoms with E-state index in [4.69, 9.17) is 0 Å². The van der Waals surface area contributed by atoms with Gasteiger partial charge in [0.15, 0.2) is 5.13 Å². The van der Waals surface area contributed by atoms with E-state index < -0.39 is 0 Å². The summed E-state index contributed by atoms with van der Waals surface area (Å²) in [5.74, 6) is -0.307. The first kappa shape index (κ1) is 17.9. The van der Waals surface area contributed by atoms with Gasteiger partial charge in [-0.3, -0.25) is 9.69 Å². The molecule has 142 valence electrons. The fourth-order valence-electron chi connectivity index (χ4n) is 3.50. The van der Waals surface area contributed by atoms with Crippen LogP contribution < -0.4 is 4.90 Å². The molecule has 0 atom stereocenters. The van der Waals surface area contributed by atoms with Crippen LogP contribution >= 0.6 is 11.3 Å². The van der Waals surface area contributed by atoms with E-state index in [2.05, 4.69) is 4.98 Å². The average molecular weight is 388 g/mol. The number of hydrogen-bond acceptors (Lipinski definition) is 4. The van der Waals surface area contributed by atoms with Gasteiger partial charge in [0.1, 0.15) is 10.7 Å². The second-order valence-electron chi connectivity index (χ2n) is 6.85. The number of hydrogen-bond donors (Lipinski definition) is 0. The van der Waals surface area contributed by atoms with Crippen LogP contribution in [-0.4, -0.2) is 52.9 Å². The van der Waals surface area contributed by atoms with Crippen molar-refractivity contribution in [1.29, 1.82) is 0 Å². The first-order valence-electron chi connectivity index (χ1n) is 9.18. The molecule has 0 N–H and O–H groups in total. The Hall–Kier alpha value is -2.48. The van der Waals surface area contributed by atoms with Crippen molar-refractivity contribution in [3.05, 3.63) is 46.7 Å². The lowest BCUT2D eigenvalue weighted by Gasteiger charge is -2.25. The molecule has 3 heterocycles. The van der Waals surface area contributed by atoms with E-state index >= 15 is 0 Å². The second-order valence-corrected chi connectivity index (χ2v) is 7.85. The second kappa shape index (κ2) is 7.64. The van der Waals surface area contributed by atoms with Crippen molar-refractivity contribution < 1.29 is 14.0 Å². The number of carbonyl (C=O) groups is 2. The Morgan fingerprint density at radius 2 is 1.96 bits per heavy atom. The summed E-state index contributed by atoms with van der Waals surface area (Å²) in [5.41, 5.74) is 0.755. The Labute approximate surface area is 161 Å². The van der Waals surface area contributed by atoms with E-state index in [1.54, 1.807) is 28.1 Å². The van der Waals surface area contributed by atoms with Crippen molar-refractivity contribution >= 4 is 28.4 Å². The molecule has 0 unspecified atom stereocenters. The Balaban J connectivity index is 1.43. The lowest BCUT2D eigenvalue weighted by atomic mass is 10.1. The lowest BCUT2D eigenvalue weighted by Crippen LogP contribution is -2.35. The Morgan fingerprint density at radius 3 is 2.74 bits per heavy atom. The Kier molecular flexibility index (Phi) is 5.07. The van der Waals surface area contributed by atoms with Gasteiger partial charge in [-0.05, 0) is 37.0 Å². The monoisotopic (exact) mass is 388 g/mol. The molecule has 2 aliphatic heterocycles. The van der Waals surface area contributed by atoms with E-state index in [9.17, 15) is 14.0 Å². The van der Waals surface area contributed by atoms with Crippen molar-refractivity contribution in [3.63, 3.8) is 0 Å². The standard InChI is InChI=1S/C19H21FN4O2S/c20-15-6-4-5-14(11-15)13-23-9-10-24(19(23)26)18-21-12-16(27-18)17(25)22-7-2-1-3-8-22/h4-6,11-12H,1-3,7-10,13H2. The van der Waals surface area contributed by atoms with Crippen LogP contribution in [0.2, 0.25) is 0 Å². The van der Waals surface area contributed by atoms with Gasteiger partial charge in [0.25, 0.3) is 5.91 Å². The molecule has 1 aromatic carbocycles. The number of thiazole rings is 1. The van der Waals surface area contributed by atoms with E-state index in [0.717, 1.165) is 31.5 Å². The van der Waals surface area contributed by atoms with Crippen molar-refractivity contribution in [2.45, 2.75) is 25.8 Å². The van der Waals surface area contributed by atoms with Gasteiger partial charge in [-0.1, -0.05) is 23.5 Å². The van der Waals surface area contributed by atoms with Crippen molar-refractivity contribution in [3.8, 4) is 0 Å². The predicted octanol–water partition coefficient (Wildman–Crippen LogP) is 3.35. The topological polar surface area (TPSA) is 56.8 Å². The van der Waals surface area contributed by atoms with Crippen LogP contribution in [0.25, 0.3) is 0 Å². The fourth-order valence-corrected chi connectivity index (χ4v) is 4.41. The number of amides is 3. The molecular formula is C19H21FN4O2S. The van der Waals surface area contributed by atoms with Gasteiger partial charge in [-0.25, -0.2) is 14.2 Å². The zero-order valence-electron chi connectivity index (χ0n) is 14.9. The highest BCUT2D eigenvalue weighted by Gasteiger charge is 2.32. The molecule has 2 aromatic rings. The highest BCUT2D eigenvalue weighted by atomic mass is 32.1. The number of nitrogens with zero attached hydrogens (tertiary/aromatic N) is 4. The molecular weight excluding hydrogens is 367 g/mol. The molecule has 3 amide bonds. The van der Waals surface area contributed by atoms with Crippen LogP contribution in [0.1, 0.15) is 34.5 Å². The third-order valence-corrected chi connectivity index (χ3v) is 5.94. The summed E-state index contributed by atoms with van der Waals surface area (Å²) >= 11 is 1.26. The maximum absolute atomic E-state index is 13.4. The molecule has 2 fully saturated rings. The number of carbonyl (C=O) groups excluding carboxylic acids is 2. The minimum atomic E-state index is -0.309. The van der Waals surface area contributed by atoms with E-state index in [-0.39, 0.29) is 17.8 Å². The fraction of sp³-hybridized carbons (Fsp3) is 0.421. The normalized spacial score (nSPS) is 17.7. The predicted molar refractivity (Wildman–Crippen MR) is 101 cm³/mol. The number of piperidine rings is 1. The number of halogens is 1. The van der Waals surface area contributed by atoms with Gasteiger partial charge >= 0.3 is 6.03 Å². The molecule has 27 heavy (non-hydrogen) atoms. The summed E-state index contributed by atoms with van der Waals surface area (Å²) in [7, 11) is 0. The van der Waals surface area contributed by atoms with Gasteiger partial charge in [0.2, 0.25) is 0 Å². The third-order valence-electron chi connectivity index (χ3n) is 4.94. The summed E-state index contributed by atoms with van der Waals surface area (Å²) in [6.45, 7) is 2.99. The molecule has 0 bridgehead atoms. The number of rotatable bonds is 4. The minimum Gasteiger partial charge on any atom is -0.338 e. The van der Waals surface area contributed by atoms with Gasteiger partial charge in [-0.2, -0.15) is 0 Å². The van der Waals surface area contributed by atoms with Gasteiger partial charge in [0.05, 0.1) is 6.20 Å². The summed E-state index contributed by atoms with van der Waals surface area (Å²) < 4.78 is 13.4. The molecule has 2 saturated heterocycles. The molecule has 8 heteroatoms. The van der Waals surface area contributed by atoms with Gasteiger partial charge in [-0.15, -0.1) is 0 Å². The molecule has 0 saturated carbocycles. The molecule has 0 radical (unpaired) electrons. The van der Waals surface area contributed by atoms with Crippen LogP contribution in [0.15, 0.2) is 30.5 Å². The number of aromatic nitrogens is 1. The molecule has 2 aliphatic rings. The Bertz CT molecular complexity index is 850. The van der Waals surface area contributed by atoms with E-state index in [1.807, 2.05) is 4.90 Å². The first-order valence-corrected chi connectivity index (χ1v) is 9.99. The first-order chi connectivity index (χ1) is 13.1. The summed E-state index contributed by atoms with van der Waals surface area (Å²) in [5, 5.41) is 0.544. The average Bonchev–Trinajstić information content (AvgIpc) is 3.29. The van der Waals surface area contributed by atoms with Crippen LogP contribution in [-0.2, 0) is 6.54 Å². The Morgan fingerprint density at radius 1 is 1.15 bits per heavy atom. The quantitative estimate of drug-likeness (QED) is 0.807. The number of likely N-dealkylation sites (tertiary alicyclic amines) is 1. The number of anilines is 1. The minimum absolute atomic E-state index is 0.00159. The molecule has 1 aromatic heterocycles. The van der Waals surface area contributed by atoms with Gasteiger partial charge < -0.3 is 9.80 Å². The largest absolute Gasteiger partial charge is 0.338 e. The zero-order chi connectivity index (χ0) is 18.8. The molecule has 0 spiro atoms. The van der Waals surface area contributed by atoms with Crippen LogP contribution in [0.3, 0.4) is 0 Å². The van der Waals surface area contributed by atoms with E-state index in [1.165, 1.54) is 29.9 Å². The van der Waals surface area contributed by atoms with Crippen molar-refractivity contribution in [2.24, 2.45) is 0 Å². The zero-order valence-corrected chi connectivity index (χ0v) is 15.8. The van der Waals surface area contributed by atoms with Crippen molar-refractivity contribution in [2.75, 3.05) is 31.1 Å². The molecule has 6 nitrogen and oxygen atoms in total. The maximum Gasteiger partial charge on any atom is 0.326 e. The van der Waals surface area contributed by atoms with Gasteiger partial charge in [0, 0.05) is 32.7 Å². The van der Waals surface area contributed by atoms with Crippen molar-refractivity contribution in [1.82, 2.24) is 14.8 Å². The number of urea groups is 1. The lowest BCUT2D eigenvalue weighted by molar-refractivity contribution is 0.0729.